The van der Waals surface area contributed by atoms with Gasteiger partial charge in [-0.1, -0.05) is 18.2 Å². The zero-order valence-electron chi connectivity index (χ0n) is 16.0. The van der Waals surface area contributed by atoms with Crippen molar-refractivity contribution in [2.24, 2.45) is 0 Å². The molecule has 1 aliphatic rings. The second-order valence-corrected chi connectivity index (χ2v) is 9.86. The zero-order chi connectivity index (χ0) is 20.4. The molecule has 1 saturated heterocycles. The van der Waals surface area contributed by atoms with Gasteiger partial charge in [-0.2, -0.15) is 9.40 Å². The molecule has 1 aliphatic heterocycles. The number of benzene rings is 1. The molecule has 0 atom stereocenters. The summed E-state index contributed by atoms with van der Waals surface area (Å²) in [6.07, 6.45) is 0. The minimum absolute atomic E-state index is 0.0660. The molecule has 0 radical (unpaired) electrons. The highest BCUT2D eigenvalue weighted by molar-refractivity contribution is 7.89. The molecule has 0 aliphatic carbocycles. The van der Waals surface area contributed by atoms with E-state index in [1.54, 1.807) is 0 Å². The molecule has 0 unspecified atom stereocenters. The third-order valence-electron chi connectivity index (χ3n) is 4.78. The Hall–Kier alpha value is -2.27. The summed E-state index contributed by atoms with van der Waals surface area (Å²) in [7, 11) is -3.40. The van der Waals surface area contributed by atoms with Crippen LogP contribution in [0.2, 0.25) is 0 Å². The minimum atomic E-state index is -3.40. The van der Waals surface area contributed by atoms with Gasteiger partial charge in [0.25, 0.3) is 5.91 Å². The maximum absolute atomic E-state index is 12.6. The summed E-state index contributed by atoms with van der Waals surface area (Å²) in [5, 5.41) is 8.22. The number of hydrogen-bond acceptors (Lipinski definition) is 6. The second kappa shape index (κ2) is 8.23. The maximum Gasteiger partial charge on any atom is 0.261 e. The number of carbonyl (C=O) groups is 1. The molecule has 1 aromatic carbocycles. The molecule has 1 N–H and O–H groups in total. The van der Waals surface area contributed by atoms with Crippen molar-refractivity contribution in [3.8, 4) is 5.69 Å². The van der Waals surface area contributed by atoms with Crippen LogP contribution in [0, 0.1) is 6.92 Å². The summed E-state index contributed by atoms with van der Waals surface area (Å²) in [6.45, 7) is 3.52. The number of sulfonamides is 1. The van der Waals surface area contributed by atoms with E-state index in [2.05, 4.69) is 10.4 Å². The van der Waals surface area contributed by atoms with Crippen LogP contribution in [0.5, 0.6) is 0 Å². The SMILES string of the molecule is Cc1nn(-c2ccccc2)c2sc(C(=O)NCCS(=O)(=O)N3CCOCC3)cc12. The molecule has 0 bridgehead atoms. The lowest BCUT2D eigenvalue weighted by Crippen LogP contribution is -2.43. The van der Waals surface area contributed by atoms with Crippen molar-refractivity contribution in [2.45, 2.75) is 6.92 Å². The van der Waals surface area contributed by atoms with Crippen LogP contribution < -0.4 is 5.32 Å². The smallest absolute Gasteiger partial charge is 0.261 e. The van der Waals surface area contributed by atoms with E-state index in [-0.39, 0.29) is 18.2 Å². The number of nitrogens with zero attached hydrogens (tertiary/aromatic N) is 3. The predicted molar refractivity (Wildman–Crippen MR) is 112 cm³/mol. The molecule has 10 heteroatoms. The number of rotatable bonds is 6. The van der Waals surface area contributed by atoms with Gasteiger partial charge >= 0.3 is 0 Å². The molecule has 3 heterocycles. The van der Waals surface area contributed by atoms with E-state index in [9.17, 15) is 13.2 Å². The number of para-hydroxylation sites is 1. The van der Waals surface area contributed by atoms with Crippen molar-refractivity contribution in [3.63, 3.8) is 0 Å². The van der Waals surface area contributed by atoms with E-state index in [4.69, 9.17) is 4.74 Å². The molecule has 154 valence electrons. The number of morpholine rings is 1. The quantitative estimate of drug-likeness (QED) is 0.638. The fourth-order valence-corrected chi connectivity index (χ4v) is 5.66. The molecular weight excluding hydrogens is 412 g/mol. The lowest BCUT2D eigenvalue weighted by molar-refractivity contribution is 0.0730. The summed E-state index contributed by atoms with van der Waals surface area (Å²) in [5.74, 6) is -0.400. The van der Waals surface area contributed by atoms with E-state index < -0.39 is 10.0 Å². The van der Waals surface area contributed by atoms with Crippen LogP contribution in [-0.4, -0.2) is 67.0 Å². The first-order chi connectivity index (χ1) is 14.0. The molecule has 8 nitrogen and oxygen atoms in total. The molecule has 0 spiro atoms. The molecular formula is C19H22N4O4S2. The largest absolute Gasteiger partial charge is 0.379 e. The number of nitrogens with one attached hydrogen (secondary N) is 1. The number of amides is 1. The van der Waals surface area contributed by atoms with Gasteiger partial charge in [-0.15, -0.1) is 11.3 Å². The van der Waals surface area contributed by atoms with Crippen molar-refractivity contribution < 1.29 is 17.9 Å². The zero-order valence-corrected chi connectivity index (χ0v) is 17.6. The van der Waals surface area contributed by atoms with Crippen LogP contribution >= 0.6 is 11.3 Å². The molecule has 3 aromatic rings. The van der Waals surface area contributed by atoms with Gasteiger partial charge in [0.2, 0.25) is 10.0 Å². The Morgan fingerprint density at radius 3 is 2.69 bits per heavy atom. The number of aromatic nitrogens is 2. The molecule has 29 heavy (non-hydrogen) atoms. The number of ether oxygens (including phenoxy) is 1. The number of aryl methyl sites for hydroxylation is 1. The summed E-state index contributed by atoms with van der Waals surface area (Å²) < 4.78 is 33.1. The van der Waals surface area contributed by atoms with Gasteiger partial charge in [-0.3, -0.25) is 4.79 Å². The van der Waals surface area contributed by atoms with Crippen molar-refractivity contribution >= 4 is 37.5 Å². The van der Waals surface area contributed by atoms with Crippen molar-refractivity contribution in [2.75, 3.05) is 38.6 Å². The van der Waals surface area contributed by atoms with Gasteiger partial charge in [0.15, 0.2) is 0 Å². The summed E-state index contributed by atoms with van der Waals surface area (Å²) in [4.78, 5) is 14.0. The number of thiophene rings is 1. The highest BCUT2D eigenvalue weighted by Gasteiger charge is 2.24. The van der Waals surface area contributed by atoms with Crippen LogP contribution in [0.15, 0.2) is 36.4 Å². The molecule has 1 fully saturated rings. The van der Waals surface area contributed by atoms with Crippen molar-refractivity contribution in [1.29, 1.82) is 0 Å². The number of carbonyl (C=O) groups excluding carboxylic acids is 1. The van der Waals surface area contributed by atoms with Crippen LogP contribution in [0.4, 0.5) is 0 Å². The first kappa shape index (κ1) is 20.0. The number of fused-ring (bicyclic) bond motifs is 1. The van der Waals surface area contributed by atoms with E-state index in [1.165, 1.54) is 15.6 Å². The molecule has 0 saturated carbocycles. The third kappa shape index (κ3) is 4.20. The van der Waals surface area contributed by atoms with Gasteiger partial charge in [0.05, 0.1) is 35.2 Å². The lowest BCUT2D eigenvalue weighted by atomic mass is 10.3. The fraction of sp³-hybridized carbons (Fsp3) is 0.368. The Morgan fingerprint density at radius 2 is 1.97 bits per heavy atom. The Labute approximate surface area is 173 Å². The minimum Gasteiger partial charge on any atom is -0.379 e. The van der Waals surface area contributed by atoms with Crippen LogP contribution in [-0.2, 0) is 14.8 Å². The van der Waals surface area contributed by atoms with Crippen molar-refractivity contribution in [3.05, 3.63) is 47.0 Å². The van der Waals surface area contributed by atoms with Gasteiger partial charge in [-0.05, 0) is 25.1 Å². The third-order valence-corrected chi connectivity index (χ3v) is 7.76. The Morgan fingerprint density at radius 1 is 1.24 bits per heavy atom. The molecule has 2 aromatic heterocycles. The van der Waals surface area contributed by atoms with Gasteiger partial charge < -0.3 is 10.1 Å². The van der Waals surface area contributed by atoms with Crippen molar-refractivity contribution in [1.82, 2.24) is 19.4 Å². The lowest BCUT2D eigenvalue weighted by Gasteiger charge is -2.25. The summed E-state index contributed by atoms with van der Waals surface area (Å²) >= 11 is 1.35. The standard InChI is InChI=1S/C19H22N4O4S2/c1-14-16-13-17(28-19(16)23(21-14)15-5-3-2-4-6-15)18(24)20-7-12-29(25,26)22-8-10-27-11-9-22/h2-6,13H,7-12H2,1H3,(H,20,24). The van der Waals surface area contributed by atoms with E-state index in [1.807, 2.05) is 48.0 Å². The fourth-order valence-electron chi connectivity index (χ4n) is 3.24. The Bertz CT molecular complexity index is 1120. The predicted octanol–water partition coefficient (Wildman–Crippen LogP) is 1.79. The summed E-state index contributed by atoms with van der Waals surface area (Å²) in [5.41, 5.74) is 1.77. The van der Waals surface area contributed by atoms with Crippen LogP contribution in [0.3, 0.4) is 0 Å². The van der Waals surface area contributed by atoms with E-state index >= 15 is 0 Å². The van der Waals surface area contributed by atoms with E-state index in [0.29, 0.717) is 31.2 Å². The average molecular weight is 435 g/mol. The first-order valence-electron chi connectivity index (χ1n) is 9.34. The van der Waals surface area contributed by atoms with Gasteiger partial charge in [0, 0.05) is 25.0 Å². The van der Waals surface area contributed by atoms with Gasteiger partial charge in [-0.25, -0.2) is 13.1 Å². The van der Waals surface area contributed by atoms with Crippen LogP contribution in [0.25, 0.3) is 15.9 Å². The second-order valence-electron chi connectivity index (χ2n) is 6.75. The molecule has 4 rings (SSSR count). The van der Waals surface area contributed by atoms with Gasteiger partial charge in [0.1, 0.15) is 4.83 Å². The Balaban J connectivity index is 1.45. The molecule has 1 amide bonds. The summed E-state index contributed by atoms with van der Waals surface area (Å²) in [6, 6.07) is 11.6. The first-order valence-corrected chi connectivity index (χ1v) is 11.8. The van der Waals surface area contributed by atoms with E-state index in [0.717, 1.165) is 21.6 Å². The Kier molecular flexibility index (Phi) is 5.68. The highest BCUT2D eigenvalue weighted by atomic mass is 32.2. The normalized spacial score (nSPS) is 15.6. The van der Waals surface area contributed by atoms with Crippen LogP contribution in [0.1, 0.15) is 15.4 Å². The monoisotopic (exact) mass is 434 g/mol. The topological polar surface area (TPSA) is 93.5 Å². The number of hydrogen-bond donors (Lipinski definition) is 1. The maximum atomic E-state index is 12.6. The highest BCUT2D eigenvalue weighted by Crippen LogP contribution is 2.30. The average Bonchev–Trinajstić information content (AvgIpc) is 3.30.